The first kappa shape index (κ1) is 17.6. The van der Waals surface area contributed by atoms with Crippen LogP contribution in [0.5, 0.6) is 0 Å². The number of aromatic nitrogens is 1. The Bertz CT molecular complexity index is 1120. The van der Waals surface area contributed by atoms with Crippen LogP contribution in [-0.2, 0) is 16.6 Å². The maximum atomic E-state index is 12.5. The van der Waals surface area contributed by atoms with E-state index in [-0.39, 0.29) is 0 Å². The van der Waals surface area contributed by atoms with Crippen LogP contribution in [0.15, 0.2) is 40.9 Å². The van der Waals surface area contributed by atoms with Crippen LogP contribution in [0.4, 0.5) is 5.69 Å². The van der Waals surface area contributed by atoms with Crippen LogP contribution >= 0.6 is 15.9 Å². The molecule has 2 heterocycles. The molecule has 0 unspecified atom stereocenters. The highest BCUT2D eigenvalue weighted by molar-refractivity contribution is 9.10. The molecule has 1 aliphatic heterocycles. The van der Waals surface area contributed by atoms with Crippen LogP contribution in [0, 0.1) is 13.8 Å². The minimum Gasteiger partial charge on any atom is -0.338 e. The second-order valence-electron chi connectivity index (χ2n) is 6.93. The fourth-order valence-corrected chi connectivity index (χ4v) is 5.98. The summed E-state index contributed by atoms with van der Waals surface area (Å²) < 4.78 is 29.9. The van der Waals surface area contributed by atoms with Crippen molar-refractivity contribution in [1.82, 2.24) is 4.57 Å². The summed E-state index contributed by atoms with van der Waals surface area (Å²) in [6, 6.07) is 12.4. The van der Waals surface area contributed by atoms with Gasteiger partial charge in [0.05, 0.1) is 23.2 Å². The predicted molar refractivity (Wildman–Crippen MR) is 111 cm³/mol. The van der Waals surface area contributed by atoms with Gasteiger partial charge in [-0.25, -0.2) is 8.42 Å². The van der Waals surface area contributed by atoms with E-state index in [1.165, 1.54) is 17.5 Å². The Morgan fingerprint density at radius 1 is 1.08 bits per heavy atom. The normalized spacial score (nSPS) is 14.7. The Morgan fingerprint density at radius 2 is 1.77 bits per heavy atom. The van der Waals surface area contributed by atoms with E-state index in [0.29, 0.717) is 6.54 Å². The van der Waals surface area contributed by atoms with Crippen molar-refractivity contribution in [3.05, 3.63) is 52.0 Å². The first-order valence-corrected chi connectivity index (χ1v) is 11.3. The smallest absolute Gasteiger partial charge is 0.232 e. The van der Waals surface area contributed by atoms with Gasteiger partial charge >= 0.3 is 0 Å². The van der Waals surface area contributed by atoms with Crippen molar-refractivity contribution < 1.29 is 8.42 Å². The number of sulfonamides is 1. The lowest BCUT2D eigenvalue weighted by molar-refractivity contribution is 0.593. The highest BCUT2D eigenvalue weighted by atomic mass is 79.9. The quantitative estimate of drug-likeness (QED) is 0.580. The molecule has 1 aliphatic rings. The molecule has 0 amide bonds. The second-order valence-corrected chi connectivity index (χ2v) is 9.69. The SMILES string of the molecule is Cc1cc(Br)c2c(C)c(-c3ccccc3)n3c2c1N(S(C)(=O)=O)CCC3. The predicted octanol–water partition coefficient (Wildman–Crippen LogP) is 4.86. The van der Waals surface area contributed by atoms with Gasteiger partial charge in [0.1, 0.15) is 0 Å². The molecule has 2 aromatic carbocycles. The van der Waals surface area contributed by atoms with Crippen molar-refractivity contribution >= 4 is 42.5 Å². The van der Waals surface area contributed by atoms with E-state index < -0.39 is 10.0 Å². The van der Waals surface area contributed by atoms with E-state index in [9.17, 15) is 8.42 Å². The molecule has 0 aliphatic carbocycles. The van der Waals surface area contributed by atoms with Crippen LogP contribution in [-0.4, -0.2) is 25.8 Å². The van der Waals surface area contributed by atoms with Crippen LogP contribution in [0.1, 0.15) is 17.5 Å². The lowest BCUT2D eigenvalue weighted by atomic mass is 10.0. The Hall–Kier alpha value is -1.79. The lowest BCUT2D eigenvalue weighted by Crippen LogP contribution is -2.31. The minimum atomic E-state index is -3.34. The van der Waals surface area contributed by atoms with E-state index in [1.807, 2.05) is 31.2 Å². The first-order valence-electron chi connectivity index (χ1n) is 8.65. The van der Waals surface area contributed by atoms with Gasteiger partial charge in [0.15, 0.2) is 0 Å². The van der Waals surface area contributed by atoms with Crippen LogP contribution in [0.2, 0.25) is 0 Å². The molecule has 0 bridgehead atoms. The number of aryl methyl sites for hydroxylation is 3. The highest BCUT2D eigenvalue weighted by Crippen LogP contribution is 2.45. The number of nitrogens with zero attached hydrogens (tertiary/aromatic N) is 2. The van der Waals surface area contributed by atoms with Crippen molar-refractivity contribution in [2.75, 3.05) is 17.1 Å². The van der Waals surface area contributed by atoms with Gasteiger partial charge in [-0.05, 0) is 43.0 Å². The summed E-state index contributed by atoms with van der Waals surface area (Å²) in [7, 11) is -3.34. The van der Waals surface area contributed by atoms with Gasteiger partial charge in [-0.1, -0.05) is 46.3 Å². The molecule has 6 heteroatoms. The average Bonchev–Trinajstić information content (AvgIpc) is 2.73. The largest absolute Gasteiger partial charge is 0.338 e. The van der Waals surface area contributed by atoms with Gasteiger partial charge in [0.25, 0.3) is 0 Å². The zero-order chi connectivity index (χ0) is 18.6. The van der Waals surface area contributed by atoms with E-state index in [4.69, 9.17) is 0 Å². The molecule has 0 N–H and O–H groups in total. The molecule has 0 spiro atoms. The van der Waals surface area contributed by atoms with E-state index in [2.05, 4.69) is 39.6 Å². The summed E-state index contributed by atoms with van der Waals surface area (Å²) in [5.41, 5.74) is 6.29. The summed E-state index contributed by atoms with van der Waals surface area (Å²) >= 11 is 3.72. The zero-order valence-electron chi connectivity index (χ0n) is 15.1. The van der Waals surface area contributed by atoms with Crippen LogP contribution in [0.3, 0.4) is 0 Å². The molecule has 1 aromatic heterocycles. The van der Waals surface area contributed by atoms with Crippen molar-refractivity contribution in [3.8, 4) is 11.3 Å². The molecule has 0 saturated carbocycles. The molecular formula is C20H21BrN2O2S. The standard InChI is InChI=1S/C20H21BrN2O2S/c1-13-12-16(21)17-14(2)19(15-8-5-4-6-9-15)22-10-7-11-23(26(3,24)25)18(13)20(17)22/h4-6,8-9,12H,7,10-11H2,1-3H3. The van der Waals surface area contributed by atoms with Gasteiger partial charge in [0.2, 0.25) is 10.0 Å². The van der Waals surface area contributed by atoms with Crippen molar-refractivity contribution in [2.24, 2.45) is 0 Å². The maximum Gasteiger partial charge on any atom is 0.232 e. The van der Waals surface area contributed by atoms with Gasteiger partial charge in [-0.3, -0.25) is 4.31 Å². The summed E-state index contributed by atoms with van der Waals surface area (Å²) in [6.45, 7) is 5.41. The van der Waals surface area contributed by atoms with Gasteiger partial charge in [-0.2, -0.15) is 0 Å². The molecule has 4 rings (SSSR count). The maximum absolute atomic E-state index is 12.5. The van der Waals surface area contributed by atoms with Crippen LogP contribution in [0.25, 0.3) is 22.2 Å². The summed E-state index contributed by atoms with van der Waals surface area (Å²) in [5, 5.41) is 1.10. The Balaban J connectivity index is 2.19. The third-order valence-electron chi connectivity index (χ3n) is 5.13. The number of anilines is 1. The molecule has 0 fully saturated rings. The van der Waals surface area contributed by atoms with E-state index >= 15 is 0 Å². The van der Waals surface area contributed by atoms with Crippen molar-refractivity contribution in [3.63, 3.8) is 0 Å². The van der Waals surface area contributed by atoms with Gasteiger partial charge in [0, 0.05) is 22.9 Å². The molecule has 136 valence electrons. The molecule has 3 aromatic rings. The Kier molecular flexibility index (Phi) is 4.15. The molecule has 4 nitrogen and oxygen atoms in total. The Labute approximate surface area is 162 Å². The number of rotatable bonds is 2. The number of benzene rings is 2. The Morgan fingerprint density at radius 3 is 2.42 bits per heavy atom. The second kappa shape index (κ2) is 6.13. The van der Waals surface area contributed by atoms with Crippen molar-refractivity contribution in [2.45, 2.75) is 26.8 Å². The number of hydrogen-bond donors (Lipinski definition) is 0. The minimum absolute atomic E-state index is 0.505. The van der Waals surface area contributed by atoms with E-state index in [1.54, 1.807) is 4.31 Å². The molecular weight excluding hydrogens is 412 g/mol. The third-order valence-corrected chi connectivity index (χ3v) is 6.92. The van der Waals surface area contributed by atoms with E-state index in [0.717, 1.165) is 45.2 Å². The molecule has 0 atom stereocenters. The fourth-order valence-electron chi connectivity index (χ4n) is 4.12. The number of hydrogen-bond acceptors (Lipinski definition) is 2. The van der Waals surface area contributed by atoms with Crippen molar-refractivity contribution in [1.29, 1.82) is 0 Å². The molecule has 26 heavy (non-hydrogen) atoms. The van der Waals surface area contributed by atoms with Crippen LogP contribution < -0.4 is 4.31 Å². The van der Waals surface area contributed by atoms with Gasteiger partial charge < -0.3 is 4.57 Å². The average molecular weight is 433 g/mol. The monoisotopic (exact) mass is 432 g/mol. The number of halogens is 1. The zero-order valence-corrected chi connectivity index (χ0v) is 17.5. The summed E-state index contributed by atoms with van der Waals surface area (Å²) in [4.78, 5) is 0. The molecule has 0 radical (unpaired) electrons. The fraction of sp³-hybridized carbons (Fsp3) is 0.300. The highest BCUT2D eigenvalue weighted by Gasteiger charge is 2.30. The summed E-state index contributed by atoms with van der Waals surface area (Å²) in [5.74, 6) is 0. The lowest BCUT2D eigenvalue weighted by Gasteiger charge is -2.23. The molecule has 0 saturated heterocycles. The third kappa shape index (κ3) is 2.58. The summed E-state index contributed by atoms with van der Waals surface area (Å²) in [6.07, 6.45) is 2.08. The first-order chi connectivity index (χ1) is 12.3. The van der Waals surface area contributed by atoms with Gasteiger partial charge in [-0.15, -0.1) is 0 Å². The topological polar surface area (TPSA) is 42.3 Å².